The van der Waals surface area contributed by atoms with E-state index in [-0.39, 0.29) is 0 Å². The predicted molar refractivity (Wildman–Crippen MR) is 56.2 cm³/mol. The van der Waals surface area contributed by atoms with Gasteiger partial charge in [0.1, 0.15) is 13.6 Å². The molecule has 0 aromatic heterocycles. The lowest BCUT2D eigenvalue weighted by molar-refractivity contribution is 0.415. The Labute approximate surface area is 82.0 Å². The van der Waals surface area contributed by atoms with E-state index in [0.29, 0.717) is 11.2 Å². The number of rotatable bonds is 2. The van der Waals surface area contributed by atoms with Gasteiger partial charge in [0.2, 0.25) is 0 Å². The molecule has 0 fully saturated rings. The molecule has 1 aromatic carbocycles. The third-order valence-corrected chi connectivity index (χ3v) is 2.12. The lowest BCUT2D eigenvalue weighted by Gasteiger charge is -2.08. The fraction of sp³-hybridized carbons (Fsp3) is 0.111. The quantitative estimate of drug-likeness (QED) is 0.695. The number of benzene rings is 1. The molecule has 0 saturated carbocycles. The summed E-state index contributed by atoms with van der Waals surface area (Å²) in [5.41, 5.74) is 1.59. The van der Waals surface area contributed by atoms with Crippen LogP contribution >= 0.6 is 15.9 Å². The van der Waals surface area contributed by atoms with E-state index in [1.807, 2.05) is 12.1 Å². The molecule has 3 heteroatoms. The fourth-order valence-corrected chi connectivity index (χ4v) is 1.62. The lowest BCUT2D eigenvalue weighted by atomic mass is 9.93. The van der Waals surface area contributed by atoms with E-state index < -0.39 is 0 Å². The average Bonchev–Trinajstić information content (AvgIpc) is 2.03. The Hall–Kier alpha value is -0.695. The van der Waals surface area contributed by atoms with E-state index in [1.165, 1.54) is 0 Å². The molecular formula is C9H8BBrO. The van der Waals surface area contributed by atoms with Crippen LogP contribution in [-0.2, 0) is 0 Å². The topological polar surface area (TPSA) is 9.23 Å². The van der Waals surface area contributed by atoms with Crippen molar-refractivity contribution in [3.63, 3.8) is 0 Å². The van der Waals surface area contributed by atoms with Gasteiger partial charge in [0.25, 0.3) is 0 Å². The molecule has 1 rings (SSSR count). The molecule has 0 saturated heterocycles. The van der Waals surface area contributed by atoms with Gasteiger partial charge in [-0.25, -0.2) is 0 Å². The average molecular weight is 223 g/mol. The molecule has 2 radical (unpaired) electrons. The van der Waals surface area contributed by atoms with Crippen LogP contribution in [0.5, 0.6) is 5.75 Å². The molecule has 12 heavy (non-hydrogen) atoms. The molecule has 1 nitrogen and oxygen atoms in total. The summed E-state index contributed by atoms with van der Waals surface area (Å²) in [5.74, 6) is 0.667. The first kappa shape index (κ1) is 9.39. The van der Waals surface area contributed by atoms with Crippen molar-refractivity contribution < 1.29 is 4.74 Å². The maximum Gasteiger partial charge on any atom is 0.126 e. The molecule has 0 amide bonds. The summed E-state index contributed by atoms with van der Waals surface area (Å²) in [6.45, 7) is 3.65. The fourth-order valence-electron chi connectivity index (χ4n) is 0.970. The molecule has 0 N–H and O–H groups in total. The van der Waals surface area contributed by atoms with Crippen molar-refractivity contribution in [1.82, 2.24) is 0 Å². The van der Waals surface area contributed by atoms with Gasteiger partial charge in [-0.15, -0.1) is 0 Å². The first-order valence-corrected chi connectivity index (χ1v) is 4.23. The highest BCUT2D eigenvalue weighted by molar-refractivity contribution is 9.10. The highest BCUT2D eigenvalue weighted by Crippen LogP contribution is 2.23. The van der Waals surface area contributed by atoms with E-state index in [2.05, 4.69) is 22.5 Å². The Kier molecular flexibility index (Phi) is 2.98. The second-order valence-electron chi connectivity index (χ2n) is 2.33. The van der Waals surface area contributed by atoms with Gasteiger partial charge in [-0.2, -0.15) is 0 Å². The summed E-state index contributed by atoms with van der Waals surface area (Å²) in [5, 5.41) is 0. The molecule has 0 aliphatic carbocycles. The third-order valence-electron chi connectivity index (χ3n) is 1.53. The molecule has 0 heterocycles. The molecule has 60 valence electrons. The van der Waals surface area contributed by atoms with Crippen molar-refractivity contribution in [2.24, 2.45) is 0 Å². The molecule has 1 aromatic rings. The zero-order valence-electron chi connectivity index (χ0n) is 6.80. The van der Waals surface area contributed by atoms with Crippen molar-refractivity contribution in [2.75, 3.05) is 7.11 Å². The van der Waals surface area contributed by atoms with Crippen LogP contribution in [0, 0.1) is 0 Å². The summed E-state index contributed by atoms with van der Waals surface area (Å²) in [7, 11) is 7.29. The van der Waals surface area contributed by atoms with Crippen LogP contribution < -0.4 is 10.2 Å². The molecule has 0 aliphatic heterocycles. The van der Waals surface area contributed by atoms with Gasteiger partial charge in [0.15, 0.2) is 0 Å². The Morgan fingerprint density at radius 1 is 1.58 bits per heavy atom. The van der Waals surface area contributed by atoms with Gasteiger partial charge in [-0.3, -0.25) is 0 Å². The summed E-state index contributed by atoms with van der Waals surface area (Å²) < 4.78 is 5.92. The van der Waals surface area contributed by atoms with E-state index in [0.717, 1.165) is 10.0 Å². The van der Waals surface area contributed by atoms with E-state index in [1.54, 1.807) is 13.2 Å². The van der Waals surface area contributed by atoms with Gasteiger partial charge in [0.05, 0.1) is 11.6 Å². The molecule has 0 aliphatic rings. The first-order valence-electron chi connectivity index (χ1n) is 3.44. The smallest absolute Gasteiger partial charge is 0.126 e. The zero-order valence-corrected chi connectivity index (χ0v) is 8.39. The minimum atomic E-state index is 0.613. The van der Waals surface area contributed by atoms with Crippen molar-refractivity contribution in [1.29, 1.82) is 0 Å². The van der Waals surface area contributed by atoms with Gasteiger partial charge < -0.3 is 4.74 Å². The standard InChI is InChI=1S/C9H8BBrO/c1-3-6-4-7(10)9(12-2)8(11)5-6/h3-5H,1H2,2H3. The van der Waals surface area contributed by atoms with E-state index >= 15 is 0 Å². The van der Waals surface area contributed by atoms with Crippen molar-refractivity contribution >= 4 is 35.3 Å². The largest absolute Gasteiger partial charge is 0.496 e. The Morgan fingerprint density at radius 3 is 2.67 bits per heavy atom. The zero-order chi connectivity index (χ0) is 9.14. The van der Waals surface area contributed by atoms with Crippen LogP contribution in [0.25, 0.3) is 6.08 Å². The number of ether oxygens (including phenoxy) is 1. The minimum absolute atomic E-state index is 0.613. The number of hydrogen-bond donors (Lipinski definition) is 0. The summed E-state index contributed by atoms with van der Waals surface area (Å²) >= 11 is 3.35. The molecular weight excluding hydrogens is 215 g/mol. The maximum atomic E-state index is 5.71. The number of halogens is 1. The van der Waals surface area contributed by atoms with Gasteiger partial charge in [-0.1, -0.05) is 24.2 Å². The summed E-state index contributed by atoms with van der Waals surface area (Å²) in [6, 6.07) is 3.72. The van der Waals surface area contributed by atoms with Crippen LogP contribution in [0.15, 0.2) is 23.2 Å². The Balaban J connectivity index is 3.27. The minimum Gasteiger partial charge on any atom is -0.496 e. The van der Waals surface area contributed by atoms with E-state index in [9.17, 15) is 0 Å². The normalized spacial score (nSPS) is 9.50. The highest BCUT2D eigenvalue weighted by atomic mass is 79.9. The first-order chi connectivity index (χ1) is 5.69. The molecule has 0 bridgehead atoms. The van der Waals surface area contributed by atoms with Gasteiger partial charge in [-0.05, 0) is 27.6 Å². The van der Waals surface area contributed by atoms with Crippen molar-refractivity contribution in [2.45, 2.75) is 0 Å². The highest BCUT2D eigenvalue weighted by Gasteiger charge is 2.03. The van der Waals surface area contributed by atoms with Crippen molar-refractivity contribution in [3.05, 3.63) is 28.7 Å². The van der Waals surface area contributed by atoms with E-state index in [4.69, 9.17) is 12.6 Å². The summed E-state index contributed by atoms with van der Waals surface area (Å²) in [6.07, 6.45) is 1.74. The van der Waals surface area contributed by atoms with Crippen LogP contribution in [0.1, 0.15) is 5.56 Å². The van der Waals surface area contributed by atoms with Crippen LogP contribution in [0.4, 0.5) is 0 Å². The predicted octanol–water partition coefficient (Wildman–Crippen LogP) is 1.89. The SMILES string of the molecule is [B]c1cc(C=C)cc(Br)c1OC. The molecule has 0 spiro atoms. The molecule has 0 atom stereocenters. The third kappa shape index (κ3) is 1.72. The monoisotopic (exact) mass is 222 g/mol. The van der Waals surface area contributed by atoms with Crippen LogP contribution in [-0.4, -0.2) is 15.0 Å². The number of hydrogen-bond acceptors (Lipinski definition) is 1. The Morgan fingerprint density at radius 2 is 2.25 bits per heavy atom. The van der Waals surface area contributed by atoms with Crippen LogP contribution in [0.2, 0.25) is 0 Å². The molecule has 0 unspecified atom stereocenters. The van der Waals surface area contributed by atoms with Crippen molar-refractivity contribution in [3.8, 4) is 5.75 Å². The Bertz CT molecular complexity index is 286. The summed E-state index contributed by atoms with van der Waals surface area (Å²) in [4.78, 5) is 0. The van der Waals surface area contributed by atoms with Gasteiger partial charge in [0, 0.05) is 0 Å². The second-order valence-corrected chi connectivity index (χ2v) is 3.18. The lowest BCUT2D eigenvalue weighted by Crippen LogP contribution is -2.08. The number of methoxy groups -OCH3 is 1. The maximum absolute atomic E-state index is 5.71. The second kappa shape index (κ2) is 3.81. The van der Waals surface area contributed by atoms with Crippen LogP contribution in [0.3, 0.4) is 0 Å². The van der Waals surface area contributed by atoms with Gasteiger partial charge >= 0.3 is 0 Å².